The molecule has 1 unspecified atom stereocenters. The number of amides is 2. The molecule has 1 N–H and O–H groups in total. The van der Waals surface area contributed by atoms with E-state index in [0.29, 0.717) is 29.3 Å². The Bertz CT molecular complexity index is 1140. The normalized spacial score (nSPS) is 15.5. The van der Waals surface area contributed by atoms with Gasteiger partial charge in [0, 0.05) is 12.6 Å². The first-order valence-corrected chi connectivity index (χ1v) is 11.1. The molecule has 0 saturated heterocycles. The van der Waals surface area contributed by atoms with Crippen LogP contribution in [0.4, 0.5) is 5.69 Å². The van der Waals surface area contributed by atoms with E-state index in [9.17, 15) is 9.59 Å². The number of hydrogen-bond acceptors (Lipinski definition) is 4. The minimum atomic E-state index is -0.738. The predicted octanol–water partition coefficient (Wildman–Crippen LogP) is 5.31. The second kappa shape index (κ2) is 9.77. The Hall–Kier alpha value is -3.80. The molecule has 170 valence electrons. The molecular weight excluding hydrogens is 416 g/mol. The first kappa shape index (κ1) is 22.4. The molecule has 3 aromatic rings. The number of hydrogen-bond donors (Lipinski definition) is 1. The molecule has 6 heteroatoms. The second-order valence-electron chi connectivity index (χ2n) is 7.98. The van der Waals surface area contributed by atoms with Crippen molar-refractivity contribution in [3.8, 4) is 22.6 Å². The molecule has 1 aliphatic heterocycles. The topological polar surface area (TPSA) is 67.9 Å². The lowest BCUT2D eigenvalue weighted by atomic mass is 9.99. The quantitative estimate of drug-likeness (QED) is 0.537. The summed E-state index contributed by atoms with van der Waals surface area (Å²) in [6.45, 7) is 2.54. The molecule has 1 aliphatic rings. The van der Waals surface area contributed by atoms with Gasteiger partial charge >= 0.3 is 0 Å². The molecule has 1 atom stereocenters. The Labute approximate surface area is 194 Å². The van der Waals surface area contributed by atoms with E-state index < -0.39 is 6.04 Å². The van der Waals surface area contributed by atoms with Crippen molar-refractivity contribution < 1.29 is 19.1 Å². The minimum absolute atomic E-state index is 0.213. The molecule has 0 aliphatic carbocycles. The lowest BCUT2D eigenvalue weighted by Crippen LogP contribution is -2.39. The third kappa shape index (κ3) is 4.42. The molecule has 0 spiro atoms. The summed E-state index contributed by atoms with van der Waals surface area (Å²) >= 11 is 0. The Morgan fingerprint density at radius 3 is 2.15 bits per heavy atom. The first-order chi connectivity index (χ1) is 16.1. The second-order valence-corrected chi connectivity index (χ2v) is 7.98. The van der Waals surface area contributed by atoms with E-state index in [0.717, 1.165) is 29.5 Å². The molecule has 4 rings (SSSR count). The highest BCUT2D eigenvalue weighted by molar-refractivity contribution is 6.10. The van der Waals surface area contributed by atoms with Gasteiger partial charge in [0.15, 0.2) is 11.5 Å². The maximum absolute atomic E-state index is 13.7. The summed E-state index contributed by atoms with van der Waals surface area (Å²) < 4.78 is 10.8. The van der Waals surface area contributed by atoms with Gasteiger partial charge < -0.3 is 19.7 Å². The number of methoxy groups -OCH3 is 2. The molecule has 2 amide bonds. The van der Waals surface area contributed by atoms with E-state index in [1.165, 1.54) is 14.2 Å². The van der Waals surface area contributed by atoms with Crippen molar-refractivity contribution in [2.24, 2.45) is 0 Å². The number of anilines is 1. The van der Waals surface area contributed by atoms with Gasteiger partial charge in [0.25, 0.3) is 11.8 Å². The average molecular weight is 445 g/mol. The monoisotopic (exact) mass is 444 g/mol. The predicted molar refractivity (Wildman–Crippen MR) is 129 cm³/mol. The van der Waals surface area contributed by atoms with Gasteiger partial charge in [0.1, 0.15) is 6.04 Å². The number of nitrogens with zero attached hydrogens (tertiary/aromatic N) is 1. The summed E-state index contributed by atoms with van der Waals surface area (Å²) in [6, 6.07) is 20.4. The Morgan fingerprint density at radius 1 is 0.879 bits per heavy atom. The lowest BCUT2D eigenvalue weighted by molar-refractivity contribution is -0.120. The maximum atomic E-state index is 13.7. The Balaban J connectivity index is 1.75. The fourth-order valence-electron chi connectivity index (χ4n) is 4.15. The molecule has 0 fully saturated rings. The van der Waals surface area contributed by atoms with Crippen LogP contribution in [-0.2, 0) is 4.79 Å². The highest BCUT2D eigenvalue weighted by Crippen LogP contribution is 2.38. The van der Waals surface area contributed by atoms with E-state index in [1.54, 1.807) is 17.0 Å². The number of unbranched alkanes of at least 4 members (excludes halogenated alkanes) is 1. The average Bonchev–Trinajstić information content (AvgIpc) is 2.95. The van der Waals surface area contributed by atoms with Crippen LogP contribution in [0, 0.1) is 0 Å². The van der Waals surface area contributed by atoms with Crippen molar-refractivity contribution in [2.45, 2.75) is 25.8 Å². The van der Waals surface area contributed by atoms with Crippen molar-refractivity contribution in [1.82, 2.24) is 4.90 Å². The van der Waals surface area contributed by atoms with Crippen LogP contribution in [0.1, 0.15) is 41.7 Å². The number of benzene rings is 3. The molecule has 0 bridgehead atoms. The summed E-state index contributed by atoms with van der Waals surface area (Å²) in [7, 11) is 3.05. The van der Waals surface area contributed by atoms with Gasteiger partial charge in [0.05, 0.1) is 25.5 Å². The summed E-state index contributed by atoms with van der Waals surface area (Å²) in [4.78, 5) is 28.8. The maximum Gasteiger partial charge on any atom is 0.257 e. The van der Waals surface area contributed by atoms with Crippen molar-refractivity contribution in [3.05, 3.63) is 77.9 Å². The summed E-state index contributed by atoms with van der Waals surface area (Å²) in [6.07, 6.45) is 1.70. The van der Waals surface area contributed by atoms with Crippen LogP contribution in [0.3, 0.4) is 0 Å². The third-order valence-corrected chi connectivity index (χ3v) is 5.92. The Morgan fingerprint density at radius 2 is 1.52 bits per heavy atom. The highest BCUT2D eigenvalue weighted by atomic mass is 16.5. The van der Waals surface area contributed by atoms with Gasteiger partial charge in [-0.15, -0.1) is 0 Å². The molecule has 0 saturated carbocycles. The van der Waals surface area contributed by atoms with Crippen molar-refractivity contribution >= 4 is 17.5 Å². The standard InChI is InChI=1S/C27H28N2O4/c1-4-5-15-29-25(20-13-11-19(12-14-20)18-9-7-6-8-10-18)26(30)28-22-17-24(33-3)23(32-2)16-21(22)27(29)31/h6-14,16-17,25H,4-5,15H2,1-3H3,(H,28,30). The summed E-state index contributed by atoms with van der Waals surface area (Å²) in [5, 5.41) is 2.94. The fourth-order valence-corrected chi connectivity index (χ4v) is 4.15. The number of ether oxygens (including phenoxy) is 2. The number of rotatable bonds is 7. The van der Waals surface area contributed by atoms with Gasteiger partial charge in [-0.05, 0) is 29.2 Å². The Kier molecular flexibility index (Phi) is 6.63. The van der Waals surface area contributed by atoms with Crippen molar-refractivity contribution in [2.75, 3.05) is 26.1 Å². The van der Waals surface area contributed by atoms with E-state index in [4.69, 9.17) is 9.47 Å². The minimum Gasteiger partial charge on any atom is -0.493 e. The summed E-state index contributed by atoms with van der Waals surface area (Å²) in [5.41, 5.74) is 3.73. The largest absolute Gasteiger partial charge is 0.493 e. The van der Waals surface area contributed by atoms with Crippen molar-refractivity contribution in [1.29, 1.82) is 0 Å². The molecule has 3 aromatic carbocycles. The van der Waals surface area contributed by atoms with Crippen LogP contribution in [0.5, 0.6) is 11.5 Å². The van der Waals surface area contributed by atoms with E-state index in [-0.39, 0.29) is 11.8 Å². The van der Waals surface area contributed by atoms with Gasteiger partial charge in [-0.25, -0.2) is 0 Å². The molecule has 1 heterocycles. The van der Waals surface area contributed by atoms with Gasteiger partial charge in [-0.3, -0.25) is 9.59 Å². The van der Waals surface area contributed by atoms with Crippen molar-refractivity contribution in [3.63, 3.8) is 0 Å². The van der Waals surface area contributed by atoms with Gasteiger partial charge in [0.2, 0.25) is 0 Å². The molecule has 33 heavy (non-hydrogen) atoms. The van der Waals surface area contributed by atoms with E-state index in [2.05, 4.69) is 12.2 Å². The number of nitrogens with one attached hydrogen (secondary N) is 1. The SMILES string of the molecule is CCCCN1C(=O)c2cc(OC)c(OC)cc2NC(=O)C1c1ccc(-c2ccccc2)cc1. The summed E-state index contributed by atoms with van der Waals surface area (Å²) in [5.74, 6) is 0.433. The van der Waals surface area contributed by atoms with Gasteiger partial charge in [-0.1, -0.05) is 67.9 Å². The van der Waals surface area contributed by atoms with Crippen LogP contribution in [0.25, 0.3) is 11.1 Å². The fraction of sp³-hybridized carbons (Fsp3) is 0.259. The zero-order valence-corrected chi connectivity index (χ0v) is 19.1. The zero-order valence-electron chi connectivity index (χ0n) is 19.1. The number of carbonyl (C=O) groups is 2. The third-order valence-electron chi connectivity index (χ3n) is 5.92. The zero-order chi connectivity index (χ0) is 23.4. The van der Waals surface area contributed by atoms with E-state index in [1.807, 2.05) is 54.6 Å². The van der Waals surface area contributed by atoms with Crippen LogP contribution in [-0.4, -0.2) is 37.5 Å². The smallest absolute Gasteiger partial charge is 0.257 e. The van der Waals surface area contributed by atoms with Crippen LogP contribution < -0.4 is 14.8 Å². The van der Waals surface area contributed by atoms with Crippen LogP contribution in [0.2, 0.25) is 0 Å². The molecular formula is C27H28N2O4. The lowest BCUT2D eigenvalue weighted by Gasteiger charge is -2.29. The first-order valence-electron chi connectivity index (χ1n) is 11.1. The highest BCUT2D eigenvalue weighted by Gasteiger charge is 2.37. The number of fused-ring (bicyclic) bond motifs is 1. The molecule has 0 radical (unpaired) electrons. The van der Waals surface area contributed by atoms with E-state index >= 15 is 0 Å². The van der Waals surface area contributed by atoms with Crippen LogP contribution in [0.15, 0.2) is 66.7 Å². The molecule has 6 nitrogen and oxygen atoms in total. The van der Waals surface area contributed by atoms with Crippen LogP contribution >= 0.6 is 0 Å². The number of carbonyl (C=O) groups excluding carboxylic acids is 2. The van der Waals surface area contributed by atoms with Gasteiger partial charge in [-0.2, -0.15) is 0 Å². The molecule has 0 aromatic heterocycles.